The van der Waals surface area contributed by atoms with Gasteiger partial charge in [0.15, 0.2) is 0 Å². The molecule has 0 fully saturated rings. The van der Waals surface area contributed by atoms with Gasteiger partial charge in [-0.25, -0.2) is 0 Å². The second kappa shape index (κ2) is 7.46. The van der Waals surface area contributed by atoms with Crippen molar-refractivity contribution in [3.05, 3.63) is 59.4 Å². The number of hydrogen-bond donors (Lipinski definition) is 1. The van der Waals surface area contributed by atoms with Gasteiger partial charge in [-0.1, -0.05) is 25.6 Å². The molecule has 0 unspecified atom stereocenters. The van der Waals surface area contributed by atoms with Gasteiger partial charge < -0.3 is 10.1 Å². The zero-order valence-electron chi connectivity index (χ0n) is 13.8. The van der Waals surface area contributed by atoms with Crippen LogP contribution in [-0.2, 0) is 6.42 Å². The van der Waals surface area contributed by atoms with Crippen molar-refractivity contribution in [1.82, 2.24) is 4.98 Å². The first kappa shape index (κ1) is 16.6. The molecule has 0 aliphatic rings. The maximum atomic E-state index is 9.34. The predicted octanol–water partition coefficient (Wildman–Crippen LogP) is 4.34. The van der Waals surface area contributed by atoms with Crippen LogP contribution < -0.4 is 10.1 Å². The lowest BCUT2D eigenvalue weighted by Crippen LogP contribution is -2.12. The van der Waals surface area contributed by atoms with E-state index in [0.717, 1.165) is 34.8 Å². The van der Waals surface area contributed by atoms with E-state index in [2.05, 4.69) is 29.9 Å². The molecule has 0 saturated carbocycles. The van der Waals surface area contributed by atoms with Crippen molar-refractivity contribution in [2.45, 2.75) is 26.3 Å². The predicted molar refractivity (Wildman–Crippen MR) is 93.5 cm³/mol. The van der Waals surface area contributed by atoms with Crippen LogP contribution in [0, 0.1) is 11.3 Å². The Labute approximate surface area is 137 Å². The zero-order valence-corrected chi connectivity index (χ0v) is 13.8. The van der Waals surface area contributed by atoms with Gasteiger partial charge in [0.2, 0.25) is 0 Å². The van der Waals surface area contributed by atoms with Crippen LogP contribution in [0.25, 0.3) is 6.08 Å². The van der Waals surface area contributed by atoms with Gasteiger partial charge >= 0.3 is 0 Å². The molecular formula is C19H21N3O. The van der Waals surface area contributed by atoms with Gasteiger partial charge in [-0.2, -0.15) is 5.26 Å². The van der Waals surface area contributed by atoms with Crippen molar-refractivity contribution < 1.29 is 4.74 Å². The van der Waals surface area contributed by atoms with Gasteiger partial charge in [-0.15, -0.1) is 0 Å². The average Bonchev–Trinajstić information content (AvgIpc) is 2.61. The summed E-state index contributed by atoms with van der Waals surface area (Å²) >= 11 is 0. The third-order valence-corrected chi connectivity index (χ3v) is 3.71. The number of benzene rings is 1. The van der Waals surface area contributed by atoms with Gasteiger partial charge in [0, 0.05) is 5.69 Å². The standard InChI is InChI=1S/C19H21N3O/c1-5-14-7-9-17(15(11-14)12-20)21-13(3)19-18(23-4)10-8-16(6-2)22-19/h5,7-11,13,21H,1,6H2,2-4H3/t13-/m0/s1. The molecule has 1 N–H and O–H groups in total. The molecule has 0 amide bonds. The molecule has 1 heterocycles. The number of nitrogens with one attached hydrogen (secondary N) is 1. The highest BCUT2D eigenvalue weighted by Gasteiger charge is 2.15. The molecule has 1 aromatic heterocycles. The average molecular weight is 307 g/mol. The number of nitrogens with zero attached hydrogens (tertiary/aromatic N) is 2. The number of rotatable bonds is 6. The van der Waals surface area contributed by atoms with Crippen molar-refractivity contribution in [1.29, 1.82) is 5.26 Å². The van der Waals surface area contributed by atoms with Crippen LogP contribution in [0.15, 0.2) is 36.9 Å². The first-order chi connectivity index (χ1) is 11.1. The molecule has 0 aliphatic heterocycles. The number of methoxy groups -OCH3 is 1. The van der Waals surface area contributed by atoms with E-state index in [0.29, 0.717) is 5.56 Å². The second-order valence-corrected chi connectivity index (χ2v) is 5.23. The summed E-state index contributed by atoms with van der Waals surface area (Å²) in [5.41, 5.74) is 4.13. The maximum absolute atomic E-state index is 9.34. The third kappa shape index (κ3) is 3.70. The number of ether oxygens (including phenoxy) is 1. The molecule has 0 saturated heterocycles. The van der Waals surface area contributed by atoms with E-state index in [1.807, 2.05) is 37.3 Å². The number of anilines is 1. The van der Waals surface area contributed by atoms with E-state index >= 15 is 0 Å². The molecule has 4 nitrogen and oxygen atoms in total. The minimum absolute atomic E-state index is 0.0851. The van der Waals surface area contributed by atoms with Gasteiger partial charge in [-0.05, 0) is 43.2 Å². The molecule has 2 aromatic rings. The molecule has 1 aromatic carbocycles. The fourth-order valence-corrected chi connectivity index (χ4v) is 2.39. The van der Waals surface area contributed by atoms with E-state index < -0.39 is 0 Å². The topological polar surface area (TPSA) is 57.9 Å². The molecular weight excluding hydrogens is 286 g/mol. The van der Waals surface area contributed by atoms with Crippen molar-refractivity contribution in [2.24, 2.45) is 0 Å². The summed E-state index contributed by atoms with van der Waals surface area (Å²) in [5.74, 6) is 0.739. The Hall–Kier alpha value is -2.80. The quantitative estimate of drug-likeness (QED) is 0.862. The molecule has 118 valence electrons. The normalized spacial score (nSPS) is 11.4. The van der Waals surface area contributed by atoms with Gasteiger partial charge in [0.1, 0.15) is 17.5 Å². The number of aromatic nitrogens is 1. The summed E-state index contributed by atoms with van der Waals surface area (Å²) in [6.07, 6.45) is 2.59. The molecule has 0 spiro atoms. The Kier molecular flexibility index (Phi) is 5.37. The number of pyridine rings is 1. The number of hydrogen-bond acceptors (Lipinski definition) is 4. The summed E-state index contributed by atoms with van der Waals surface area (Å²) in [4.78, 5) is 4.66. The monoisotopic (exact) mass is 307 g/mol. The van der Waals surface area contributed by atoms with Crippen LogP contribution in [-0.4, -0.2) is 12.1 Å². The Morgan fingerprint density at radius 1 is 1.39 bits per heavy atom. The summed E-state index contributed by atoms with van der Waals surface area (Å²) in [7, 11) is 1.64. The fraction of sp³-hybridized carbons (Fsp3) is 0.263. The van der Waals surface area contributed by atoms with Gasteiger partial charge in [-0.3, -0.25) is 4.98 Å². The second-order valence-electron chi connectivity index (χ2n) is 5.23. The molecule has 1 atom stereocenters. The molecule has 2 rings (SSSR count). The molecule has 0 bridgehead atoms. The van der Waals surface area contributed by atoms with Crippen LogP contribution in [0.4, 0.5) is 5.69 Å². The van der Waals surface area contributed by atoms with Gasteiger partial charge in [0.25, 0.3) is 0 Å². The summed E-state index contributed by atoms with van der Waals surface area (Å²) in [6.45, 7) is 7.80. The van der Waals surface area contributed by atoms with Crippen LogP contribution in [0.5, 0.6) is 5.75 Å². The molecule has 0 aliphatic carbocycles. The highest BCUT2D eigenvalue weighted by atomic mass is 16.5. The van der Waals surface area contributed by atoms with E-state index in [9.17, 15) is 5.26 Å². The zero-order chi connectivity index (χ0) is 16.8. The Bertz CT molecular complexity index is 747. The largest absolute Gasteiger partial charge is 0.495 e. The maximum Gasteiger partial charge on any atom is 0.142 e. The smallest absolute Gasteiger partial charge is 0.142 e. The van der Waals surface area contributed by atoms with Crippen LogP contribution in [0.2, 0.25) is 0 Å². The van der Waals surface area contributed by atoms with E-state index in [-0.39, 0.29) is 6.04 Å². The lowest BCUT2D eigenvalue weighted by atomic mass is 10.1. The lowest BCUT2D eigenvalue weighted by Gasteiger charge is -2.19. The Morgan fingerprint density at radius 2 is 2.17 bits per heavy atom. The van der Waals surface area contributed by atoms with E-state index in [1.165, 1.54) is 0 Å². The van der Waals surface area contributed by atoms with Crippen molar-refractivity contribution >= 4 is 11.8 Å². The first-order valence-electron chi connectivity index (χ1n) is 7.59. The molecule has 4 heteroatoms. The molecule has 23 heavy (non-hydrogen) atoms. The van der Waals surface area contributed by atoms with Gasteiger partial charge in [0.05, 0.1) is 24.4 Å². The summed E-state index contributed by atoms with van der Waals surface area (Å²) in [5, 5.41) is 12.7. The first-order valence-corrected chi connectivity index (χ1v) is 7.59. The van der Waals surface area contributed by atoms with E-state index in [4.69, 9.17) is 4.74 Å². The lowest BCUT2D eigenvalue weighted by molar-refractivity contribution is 0.404. The summed E-state index contributed by atoms with van der Waals surface area (Å²) in [6, 6.07) is 11.7. The van der Waals surface area contributed by atoms with Crippen molar-refractivity contribution in [2.75, 3.05) is 12.4 Å². The Morgan fingerprint density at radius 3 is 2.78 bits per heavy atom. The minimum atomic E-state index is -0.0851. The Balaban J connectivity index is 2.34. The van der Waals surface area contributed by atoms with E-state index in [1.54, 1.807) is 13.2 Å². The third-order valence-electron chi connectivity index (χ3n) is 3.71. The summed E-state index contributed by atoms with van der Waals surface area (Å²) < 4.78 is 5.42. The highest BCUT2D eigenvalue weighted by molar-refractivity contribution is 5.63. The molecule has 0 radical (unpaired) electrons. The van der Waals surface area contributed by atoms with Crippen LogP contribution >= 0.6 is 0 Å². The number of aryl methyl sites for hydroxylation is 1. The SMILES string of the molecule is C=Cc1ccc(N[C@@H](C)c2nc(CC)ccc2OC)c(C#N)c1. The highest BCUT2D eigenvalue weighted by Crippen LogP contribution is 2.28. The fourth-order valence-electron chi connectivity index (χ4n) is 2.39. The van der Waals surface area contributed by atoms with Crippen LogP contribution in [0.1, 0.15) is 42.4 Å². The van der Waals surface area contributed by atoms with Crippen molar-refractivity contribution in [3.8, 4) is 11.8 Å². The van der Waals surface area contributed by atoms with Crippen LogP contribution in [0.3, 0.4) is 0 Å². The van der Waals surface area contributed by atoms with Crippen molar-refractivity contribution in [3.63, 3.8) is 0 Å². The minimum Gasteiger partial charge on any atom is -0.495 e. The number of nitriles is 1.